The Morgan fingerprint density at radius 1 is 0.889 bits per heavy atom. The number of carbonyl (C=O) groups is 2. The van der Waals surface area contributed by atoms with Crippen molar-refractivity contribution < 1.29 is 18.8 Å². The number of carbonyl (C=O) groups excluding carboxylic acids is 2. The predicted octanol–water partition coefficient (Wildman–Crippen LogP) is 3.25. The first-order valence-electron chi connectivity index (χ1n) is 12.4. The van der Waals surface area contributed by atoms with Gasteiger partial charge >= 0.3 is 0 Å². The number of hydrogen-bond donors (Lipinski definition) is 0. The molecule has 2 aromatic carbocycles. The first-order chi connectivity index (χ1) is 17.5. The first kappa shape index (κ1) is 23.8. The van der Waals surface area contributed by atoms with Gasteiger partial charge in [0.2, 0.25) is 17.6 Å². The van der Waals surface area contributed by atoms with Crippen molar-refractivity contribution in [1.29, 1.82) is 0 Å². The van der Waals surface area contributed by atoms with Gasteiger partial charge in [0, 0.05) is 68.9 Å². The molecule has 188 valence electrons. The summed E-state index contributed by atoms with van der Waals surface area (Å²) < 4.78 is 10.3. The number of aromatic nitrogens is 2. The van der Waals surface area contributed by atoms with Crippen molar-refractivity contribution in [3.63, 3.8) is 0 Å². The molecule has 0 atom stereocenters. The van der Waals surface area contributed by atoms with E-state index >= 15 is 0 Å². The molecule has 0 spiro atoms. The SMILES string of the molecule is COc1ccc(N2CCN(C(=O)C3CCN(C(=O)c4ccc(-c5noc(C)n5)cc4)CC3)CC2)cc1. The first-order valence-corrected chi connectivity index (χ1v) is 12.4. The second-order valence-corrected chi connectivity index (χ2v) is 9.29. The van der Waals surface area contributed by atoms with Crippen molar-refractivity contribution in [2.24, 2.45) is 5.92 Å². The maximum absolute atomic E-state index is 13.2. The number of methoxy groups -OCH3 is 1. The second kappa shape index (κ2) is 10.4. The predicted molar refractivity (Wildman–Crippen MR) is 135 cm³/mol. The molecule has 0 bridgehead atoms. The Kier molecular flexibility index (Phi) is 6.88. The van der Waals surface area contributed by atoms with Crippen LogP contribution in [-0.2, 0) is 4.79 Å². The van der Waals surface area contributed by atoms with Crippen molar-refractivity contribution >= 4 is 17.5 Å². The second-order valence-electron chi connectivity index (χ2n) is 9.29. The summed E-state index contributed by atoms with van der Waals surface area (Å²) in [6, 6.07) is 15.3. The van der Waals surface area contributed by atoms with E-state index in [1.165, 1.54) is 0 Å². The summed E-state index contributed by atoms with van der Waals surface area (Å²) in [5.41, 5.74) is 2.58. The summed E-state index contributed by atoms with van der Waals surface area (Å²) >= 11 is 0. The highest BCUT2D eigenvalue weighted by Gasteiger charge is 2.32. The zero-order chi connectivity index (χ0) is 25.1. The summed E-state index contributed by atoms with van der Waals surface area (Å²) in [6.45, 7) is 5.99. The van der Waals surface area contributed by atoms with E-state index in [-0.39, 0.29) is 17.7 Å². The molecular formula is C27H31N5O4. The minimum absolute atomic E-state index is 0.00940. The zero-order valence-corrected chi connectivity index (χ0v) is 20.7. The van der Waals surface area contributed by atoms with E-state index in [1.54, 1.807) is 26.2 Å². The minimum atomic E-state index is -0.0227. The van der Waals surface area contributed by atoms with Crippen molar-refractivity contribution in [2.75, 3.05) is 51.3 Å². The number of piperidine rings is 1. The van der Waals surface area contributed by atoms with E-state index in [0.29, 0.717) is 43.2 Å². The molecule has 0 radical (unpaired) electrons. The molecule has 2 fully saturated rings. The van der Waals surface area contributed by atoms with Crippen LogP contribution in [0.25, 0.3) is 11.4 Å². The van der Waals surface area contributed by atoms with E-state index in [0.717, 1.165) is 43.2 Å². The topological polar surface area (TPSA) is 92.0 Å². The number of likely N-dealkylation sites (tertiary alicyclic amines) is 1. The van der Waals surface area contributed by atoms with Crippen LogP contribution in [0.15, 0.2) is 53.1 Å². The van der Waals surface area contributed by atoms with Crippen LogP contribution < -0.4 is 9.64 Å². The smallest absolute Gasteiger partial charge is 0.253 e. The van der Waals surface area contributed by atoms with Crippen molar-refractivity contribution in [2.45, 2.75) is 19.8 Å². The van der Waals surface area contributed by atoms with Gasteiger partial charge in [-0.1, -0.05) is 17.3 Å². The number of benzene rings is 2. The summed E-state index contributed by atoms with van der Waals surface area (Å²) in [4.78, 5) is 36.5. The van der Waals surface area contributed by atoms with Gasteiger partial charge in [-0.2, -0.15) is 4.98 Å². The van der Waals surface area contributed by atoms with Crippen LogP contribution in [0.1, 0.15) is 29.1 Å². The Morgan fingerprint density at radius 2 is 1.56 bits per heavy atom. The molecule has 0 unspecified atom stereocenters. The molecule has 3 aromatic rings. The van der Waals surface area contributed by atoms with Crippen LogP contribution in [0.2, 0.25) is 0 Å². The average Bonchev–Trinajstić information content (AvgIpc) is 3.39. The third kappa shape index (κ3) is 5.05. The third-order valence-corrected chi connectivity index (χ3v) is 7.08. The number of piperazine rings is 1. The summed E-state index contributed by atoms with van der Waals surface area (Å²) in [5.74, 6) is 2.04. The van der Waals surface area contributed by atoms with Gasteiger partial charge in [-0.05, 0) is 49.2 Å². The van der Waals surface area contributed by atoms with Crippen LogP contribution in [0.4, 0.5) is 5.69 Å². The Labute approximate surface area is 210 Å². The molecule has 9 heteroatoms. The number of aryl methyl sites for hydroxylation is 1. The maximum Gasteiger partial charge on any atom is 0.253 e. The van der Waals surface area contributed by atoms with Crippen molar-refractivity contribution in [3.8, 4) is 17.1 Å². The van der Waals surface area contributed by atoms with Gasteiger partial charge < -0.3 is 24.0 Å². The summed E-state index contributed by atoms with van der Waals surface area (Å²) in [7, 11) is 1.66. The number of rotatable bonds is 5. The average molecular weight is 490 g/mol. The number of nitrogens with zero attached hydrogens (tertiary/aromatic N) is 5. The largest absolute Gasteiger partial charge is 0.497 e. The van der Waals surface area contributed by atoms with E-state index in [2.05, 4.69) is 27.2 Å². The minimum Gasteiger partial charge on any atom is -0.497 e. The molecule has 36 heavy (non-hydrogen) atoms. The monoisotopic (exact) mass is 489 g/mol. The van der Waals surface area contributed by atoms with Crippen LogP contribution in [0.5, 0.6) is 5.75 Å². The normalized spacial score (nSPS) is 16.8. The highest BCUT2D eigenvalue weighted by atomic mass is 16.5. The van der Waals surface area contributed by atoms with Gasteiger partial charge in [0.25, 0.3) is 5.91 Å². The van der Waals surface area contributed by atoms with Gasteiger partial charge in [0.05, 0.1) is 7.11 Å². The van der Waals surface area contributed by atoms with Crippen LogP contribution in [0, 0.1) is 12.8 Å². The molecular weight excluding hydrogens is 458 g/mol. The Hall–Kier alpha value is -3.88. The summed E-state index contributed by atoms with van der Waals surface area (Å²) in [5, 5.41) is 3.91. The fraction of sp³-hybridized carbons (Fsp3) is 0.407. The van der Waals surface area contributed by atoms with Crippen molar-refractivity contribution in [3.05, 3.63) is 60.0 Å². The molecule has 2 aliphatic heterocycles. The van der Waals surface area contributed by atoms with E-state index in [4.69, 9.17) is 9.26 Å². The van der Waals surface area contributed by atoms with Crippen LogP contribution in [0.3, 0.4) is 0 Å². The standard InChI is InChI=1S/C27H31N5O4/c1-19-28-25(29-36-19)20-3-5-21(6-4-20)26(33)31-13-11-22(12-14-31)27(34)32-17-15-30(16-18-32)23-7-9-24(35-2)10-8-23/h3-10,22H,11-18H2,1-2H3. The van der Waals surface area contributed by atoms with E-state index in [1.807, 2.05) is 34.1 Å². The lowest BCUT2D eigenvalue weighted by atomic mass is 9.94. The molecule has 0 N–H and O–H groups in total. The molecule has 2 aliphatic rings. The van der Waals surface area contributed by atoms with Crippen LogP contribution >= 0.6 is 0 Å². The Morgan fingerprint density at radius 3 is 2.14 bits per heavy atom. The molecule has 0 saturated carbocycles. The summed E-state index contributed by atoms with van der Waals surface area (Å²) in [6.07, 6.45) is 1.40. The molecule has 9 nitrogen and oxygen atoms in total. The van der Waals surface area contributed by atoms with E-state index < -0.39 is 0 Å². The Balaban J connectivity index is 1.11. The van der Waals surface area contributed by atoms with Gasteiger partial charge in [0.1, 0.15) is 5.75 Å². The fourth-order valence-electron chi connectivity index (χ4n) is 4.93. The van der Waals surface area contributed by atoms with Gasteiger partial charge in [-0.3, -0.25) is 9.59 Å². The van der Waals surface area contributed by atoms with Gasteiger partial charge in [-0.25, -0.2) is 0 Å². The highest BCUT2D eigenvalue weighted by Crippen LogP contribution is 2.25. The zero-order valence-electron chi connectivity index (χ0n) is 20.7. The molecule has 2 saturated heterocycles. The van der Waals surface area contributed by atoms with Crippen LogP contribution in [-0.4, -0.2) is 78.1 Å². The lowest BCUT2D eigenvalue weighted by Gasteiger charge is -2.39. The molecule has 1 aromatic heterocycles. The lowest BCUT2D eigenvalue weighted by molar-refractivity contribution is -0.137. The molecule has 3 heterocycles. The number of anilines is 1. The Bertz CT molecular complexity index is 1190. The fourth-order valence-corrected chi connectivity index (χ4v) is 4.93. The highest BCUT2D eigenvalue weighted by molar-refractivity contribution is 5.94. The van der Waals surface area contributed by atoms with Crippen molar-refractivity contribution in [1.82, 2.24) is 19.9 Å². The number of amides is 2. The molecule has 0 aliphatic carbocycles. The van der Waals surface area contributed by atoms with Gasteiger partial charge in [0.15, 0.2) is 0 Å². The maximum atomic E-state index is 13.2. The number of ether oxygens (including phenoxy) is 1. The van der Waals surface area contributed by atoms with Gasteiger partial charge in [-0.15, -0.1) is 0 Å². The lowest BCUT2D eigenvalue weighted by Crippen LogP contribution is -2.52. The third-order valence-electron chi connectivity index (χ3n) is 7.08. The van der Waals surface area contributed by atoms with E-state index in [9.17, 15) is 9.59 Å². The molecule has 5 rings (SSSR count). The quantitative estimate of drug-likeness (QED) is 0.543. The molecule has 2 amide bonds. The number of hydrogen-bond acceptors (Lipinski definition) is 7.